The Hall–Kier alpha value is -2.65. The minimum absolute atomic E-state index is 0.0285. The van der Waals surface area contributed by atoms with Crippen molar-refractivity contribution in [1.82, 2.24) is 14.8 Å². The number of aromatic nitrogens is 1. The average Bonchev–Trinajstić information content (AvgIpc) is 3.40. The quantitative estimate of drug-likeness (QED) is 0.707. The first-order valence-corrected chi connectivity index (χ1v) is 11.1. The molecule has 2 aromatic rings. The third-order valence-electron chi connectivity index (χ3n) is 6.92. The Morgan fingerprint density at radius 3 is 2.52 bits per heavy atom. The van der Waals surface area contributed by atoms with Crippen molar-refractivity contribution in [3.63, 3.8) is 0 Å². The number of pyridine rings is 1. The molecule has 9 heteroatoms. The van der Waals surface area contributed by atoms with Crippen LogP contribution in [0.5, 0.6) is 5.75 Å². The van der Waals surface area contributed by atoms with Crippen molar-refractivity contribution in [3.05, 3.63) is 58.4 Å². The zero-order chi connectivity index (χ0) is 23.9. The summed E-state index contributed by atoms with van der Waals surface area (Å²) in [6, 6.07) is 6.43. The lowest BCUT2D eigenvalue weighted by molar-refractivity contribution is -0.141. The van der Waals surface area contributed by atoms with Crippen LogP contribution in [0.25, 0.3) is 0 Å². The largest absolute Gasteiger partial charge is 0.491 e. The van der Waals surface area contributed by atoms with Gasteiger partial charge in [0.1, 0.15) is 18.1 Å². The molecule has 33 heavy (non-hydrogen) atoms. The summed E-state index contributed by atoms with van der Waals surface area (Å²) in [5.74, 6) is 0.496. The highest BCUT2D eigenvalue weighted by Crippen LogP contribution is 2.39. The molecular formula is C24H28F3N3O3. The predicted molar refractivity (Wildman–Crippen MR) is 116 cm³/mol. The van der Waals surface area contributed by atoms with Crippen molar-refractivity contribution in [2.45, 2.75) is 51.5 Å². The minimum Gasteiger partial charge on any atom is -0.491 e. The maximum Gasteiger partial charge on any atom is 0.433 e. The summed E-state index contributed by atoms with van der Waals surface area (Å²) in [6.45, 7) is 7.70. The third-order valence-corrected chi connectivity index (χ3v) is 6.92. The van der Waals surface area contributed by atoms with Gasteiger partial charge in [-0.3, -0.25) is 14.7 Å². The Morgan fingerprint density at radius 2 is 1.94 bits per heavy atom. The van der Waals surface area contributed by atoms with Crippen molar-refractivity contribution in [3.8, 4) is 5.75 Å². The monoisotopic (exact) mass is 463 g/mol. The summed E-state index contributed by atoms with van der Waals surface area (Å²) < 4.78 is 43.9. The van der Waals surface area contributed by atoms with Gasteiger partial charge in [0.25, 0.3) is 5.91 Å². The second-order valence-electron chi connectivity index (χ2n) is 8.78. The number of carbonyl (C=O) groups is 1. The third kappa shape index (κ3) is 4.44. The topological polar surface area (TPSA) is 65.9 Å². The Bertz CT molecular complexity index is 1030. The van der Waals surface area contributed by atoms with Gasteiger partial charge in [0, 0.05) is 37.4 Å². The maximum absolute atomic E-state index is 12.9. The van der Waals surface area contributed by atoms with E-state index in [0.717, 1.165) is 35.6 Å². The molecule has 0 aliphatic carbocycles. The number of hydrogen-bond acceptors (Lipinski definition) is 5. The Kier molecular flexibility index (Phi) is 6.37. The molecular weight excluding hydrogens is 435 g/mol. The smallest absolute Gasteiger partial charge is 0.433 e. The first-order valence-electron chi connectivity index (χ1n) is 11.1. The Labute approximate surface area is 191 Å². The molecule has 0 unspecified atom stereocenters. The number of rotatable bonds is 6. The average molecular weight is 464 g/mol. The molecule has 0 spiro atoms. The number of nitrogens with zero attached hydrogens (tertiary/aromatic N) is 3. The first kappa shape index (κ1) is 23.5. The number of ether oxygens (including phenoxy) is 1. The molecule has 0 saturated carbocycles. The Morgan fingerprint density at radius 1 is 1.18 bits per heavy atom. The van der Waals surface area contributed by atoms with E-state index in [1.54, 1.807) is 4.90 Å². The van der Waals surface area contributed by atoms with E-state index < -0.39 is 11.9 Å². The van der Waals surface area contributed by atoms with E-state index in [9.17, 15) is 18.0 Å². The fraction of sp³-hybridized carbons (Fsp3) is 0.500. The molecule has 2 saturated heterocycles. The normalized spacial score (nSPS) is 21.5. The molecule has 3 heterocycles. The number of carbonyl (C=O) groups excluding carboxylic acids is 1. The lowest BCUT2D eigenvalue weighted by Crippen LogP contribution is -2.49. The maximum atomic E-state index is 12.9. The second-order valence-corrected chi connectivity index (χ2v) is 8.78. The molecule has 1 amide bonds. The van der Waals surface area contributed by atoms with Crippen LogP contribution >= 0.6 is 0 Å². The number of aliphatic hydroxyl groups is 1. The minimum atomic E-state index is -4.52. The number of benzene rings is 1. The van der Waals surface area contributed by atoms with Crippen LogP contribution in [-0.4, -0.2) is 64.2 Å². The van der Waals surface area contributed by atoms with Gasteiger partial charge < -0.3 is 14.7 Å². The summed E-state index contributed by atoms with van der Waals surface area (Å²) in [4.78, 5) is 20.5. The van der Waals surface area contributed by atoms with Crippen molar-refractivity contribution in [2.24, 2.45) is 0 Å². The molecule has 2 bridgehead atoms. The van der Waals surface area contributed by atoms with Gasteiger partial charge in [0.2, 0.25) is 0 Å². The Balaban J connectivity index is 1.44. The summed E-state index contributed by atoms with van der Waals surface area (Å²) in [5.41, 5.74) is 2.56. The highest BCUT2D eigenvalue weighted by atomic mass is 19.4. The van der Waals surface area contributed by atoms with Crippen LogP contribution in [0.3, 0.4) is 0 Å². The van der Waals surface area contributed by atoms with Gasteiger partial charge in [-0.15, -0.1) is 0 Å². The van der Waals surface area contributed by atoms with Gasteiger partial charge in [-0.1, -0.05) is 6.07 Å². The van der Waals surface area contributed by atoms with E-state index in [-0.39, 0.29) is 42.8 Å². The summed E-state index contributed by atoms with van der Waals surface area (Å²) in [5, 5.41) is 9.00. The van der Waals surface area contributed by atoms with E-state index in [0.29, 0.717) is 13.1 Å². The molecule has 2 aliphatic rings. The fourth-order valence-electron chi connectivity index (χ4n) is 5.03. The molecule has 1 N–H and O–H groups in total. The summed E-state index contributed by atoms with van der Waals surface area (Å²) >= 11 is 0. The molecule has 4 rings (SSSR count). The number of alkyl halides is 3. The number of aliphatic hydroxyl groups excluding tert-OH is 1. The van der Waals surface area contributed by atoms with E-state index >= 15 is 0 Å². The van der Waals surface area contributed by atoms with Crippen molar-refractivity contribution >= 4 is 5.91 Å². The number of hydrogen-bond donors (Lipinski definition) is 1. The second kappa shape index (κ2) is 8.95. The number of piperazine rings is 1. The van der Waals surface area contributed by atoms with Crippen LogP contribution in [-0.2, 0) is 6.18 Å². The van der Waals surface area contributed by atoms with Crippen LogP contribution in [0.4, 0.5) is 13.2 Å². The van der Waals surface area contributed by atoms with E-state index in [1.807, 2.05) is 13.0 Å². The number of halogens is 3. The van der Waals surface area contributed by atoms with Crippen LogP contribution in [0.15, 0.2) is 30.5 Å². The zero-order valence-electron chi connectivity index (χ0n) is 18.9. The van der Waals surface area contributed by atoms with Crippen LogP contribution in [0.2, 0.25) is 0 Å². The lowest BCUT2D eigenvalue weighted by atomic mass is 9.96. The van der Waals surface area contributed by atoms with Crippen LogP contribution in [0.1, 0.15) is 52.1 Å². The molecule has 1 aromatic heterocycles. The van der Waals surface area contributed by atoms with Crippen LogP contribution in [0, 0.1) is 13.8 Å². The molecule has 0 radical (unpaired) electrons. The number of likely N-dealkylation sites (tertiary alicyclic amines) is 2. The first-order chi connectivity index (χ1) is 15.6. The van der Waals surface area contributed by atoms with Crippen molar-refractivity contribution in [1.29, 1.82) is 0 Å². The zero-order valence-corrected chi connectivity index (χ0v) is 18.9. The molecule has 2 aliphatic heterocycles. The fourth-order valence-corrected chi connectivity index (χ4v) is 5.03. The molecule has 3 atom stereocenters. The van der Waals surface area contributed by atoms with Gasteiger partial charge in [-0.2, -0.15) is 13.2 Å². The van der Waals surface area contributed by atoms with E-state index in [4.69, 9.17) is 9.84 Å². The molecule has 178 valence electrons. The van der Waals surface area contributed by atoms with Gasteiger partial charge in [-0.05, 0) is 62.1 Å². The van der Waals surface area contributed by atoms with Gasteiger partial charge in [0.15, 0.2) is 0 Å². The van der Waals surface area contributed by atoms with Gasteiger partial charge in [0.05, 0.1) is 12.2 Å². The standard InChI is InChI=1S/C24H28F3N3O3/c1-14-15(2)21(33-9-8-31)6-5-20(14)16(3)29-12-19-10-18(29)13-30(19)23(32)17-4-7-22(28-11-17)24(25,26)27/h4-7,11,16,18-19,31H,8-10,12-13H2,1-3H3/t16-,18-,19-/m0/s1. The SMILES string of the molecule is Cc1c(OCCO)ccc([C@H](C)N2C[C@@H]3C[C@H]2CN3C(=O)c2ccc(C(F)(F)F)nc2)c1C. The highest BCUT2D eigenvalue weighted by molar-refractivity contribution is 5.94. The van der Waals surface area contributed by atoms with E-state index in [2.05, 4.69) is 29.8 Å². The number of amides is 1. The summed E-state index contributed by atoms with van der Waals surface area (Å²) in [7, 11) is 0. The predicted octanol–water partition coefficient (Wildman–Crippen LogP) is 3.75. The lowest BCUT2D eigenvalue weighted by Gasteiger charge is -2.38. The van der Waals surface area contributed by atoms with Crippen LogP contribution < -0.4 is 4.74 Å². The molecule has 1 aromatic carbocycles. The summed E-state index contributed by atoms with van der Waals surface area (Å²) in [6.07, 6.45) is -2.66. The molecule has 2 fully saturated rings. The van der Waals surface area contributed by atoms with Gasteiger partial charge in [-0.25, -0.2) is 0 Å². The van der Waals surface area contributed by atoms with Crippen molar-refractivity contribution in [2.75, 3.05) is 26.3 Å². The van der Waals surface area contributed by atoms with Crippen molar-refractivity contribution < 1.29 is 27.8 Å². The number of fused-ring (bicyclic) bond motifs is 2. The van der Waals surface area contributed by atoms with Gasteiger partial charge >= 0.3 is 6.18 Å². The highest BCUT2D eigenvalue weighted by Gasteiger charge is 2.47. The molecule has 6 nitrogen and oxygen atoms in total. The van der Waals surface area contributed by atoms with E-state index in [1.165, 1.54) is 11.6 Å².